The molecule has 0 radical (unpaired) electrons. The van der Waals surface area contributed by atoms with Crippen molar-refractivity contribution in [2.75, 3.05) is 38.1 Å². The van der Waals surface area contributed by atoms with E-state index in [-0.39, 0.29) is 37.3 Å². The third-order valence-corrected chi connectivity index (χ3v) is 5.92. The monoisotopic (exact) mass is 399 g/mol. The average Bonchev–Trinajstić information content (AvgIpc) is 3.33. The molecule has 29 heavy (non-hydrogen) atoms. The lowest BCUT2D eigenvalue weighted by molar-refractivity contribution is -0.132. The summed E-state index contributed by atoms with van der Waals surface area (Å²) in [6.07, 6.45) is 1.04. The molecule has 1 amide bonds. The Hall–Kier alpha value is -2.79. The van der Waals surface area contributed by atoms with Gasteiger partial charge < -0.3 is 9.80 Å². The van der Waals surface area contributed by atoms with Crippen LogP contribution >= 0.6 is 0 Å². The zero-order valence-corrected chi connectivity index (χ0v) is 16.3. The predicted octanol–water partition coefficient (Wildman–Crippen LogP) is 2.35. The minimum absolute atomic E-state index is 0.00278. The highest BCUT2D eigenvalue weighted by Crippen LogP contribution is 2.29. The summed E-state index contributed by atoms with van der Waals surface area (Å²) in [6.45, 7) is 1.59. The zero-order chi connectivity index (χ0) is 20.5. The second kappa shape index (κ2) is 7.91. The SMILES string of the molecule is CN(c1cccc2ncc(F)cc12)[C@H]1CCN(CC(=O)N2C[C@@H](F)CC2C#N)C1. The molecule has 0 saturated carbocycles. The van der Waals surface area contributed by atoms with Crippen molar-refractivity contribution in [2.24, 2.45) is 0 Å². The number of carbonyl (C=O) groups excluding carboxylic acids is 1. The maximum atomic E-state index is 13.7. The summed E-state index contributed by atoms with van der Waals surface area (Å²) in [4.78, 5) is 22.2. The van der Waals surface area contributed by atoms with E-state index in [1.165, 1.54) is 17.2 Å². The van der Waals surface area contributed by atoms with Gasteiger partial charge >= 0.3 is 0 Å². The molecule has 2 fully saturated rings. The van der Waals surface area contributed by atoms with Crippen LogP contribution in [0.2, 0.25) is 0 Å². The topological polar surface area (TPSA) is 63.5 Å². The third kappa shape index (κ3) is 3.87. The maximum absolute atomic E-state index is 13.7. The standard InChI is InChI=1S/C21H23F2N5O/c1-26(20-4-2-3-19-18(20)8-14(22)10-25-19)16-5-6-27(12-16)13-21(29)28-11-15(23)7-17(28)9-24/h2-4,8,10,15-17H,5-7,11-13H2,1H3/t15-,16-,17?/m0/s1. The van der Waals surface area contributed by atoms with Crippen LogP contribution in [0.5, 0.6) is 0 Å². The first kappa shape index (κ1) is 19.5. The molecule has 2 aliphatic rings. The number of carbonyl (C=O) groups is 1. The van der Waals surface area contributed by atoms with Crippen molar-refractivity contribution in [2.45, 2.75) is 31.1 Å². The summed E-state index contributed by atoms with van der Waals surface area (Å²) in [5, 5.41) is 9.91. The largest absolute Gasteiger partial charge is 0.370 e. The van der Waals surface area contributed by atoms with E-state index in [9.17, 15) is 13.6 Å². The molecule has 0 spiro atoms. The van der Waals surface area contributed by atoms with Gasteiger partial charge in [-0.05, 0) is 24.6 Å². The predicted molar refractivity (Wildman–Crippen MR) is 106 cm³/mol. The van der Waals surface area contributed by atoms with E-state index in [1.807, 2.05) is 36.2 Å². The molecule has 152 valence electrons. The summed E-state index contributed by atoms with van der Waals surface area (Å²) in [6, 6.07) is 8.71. The average molecular weight is 399 g/mol. The number of amides is 1. The van der Waals surface area contributed by atoms with Crippen LogP contribution in [0.1, 0.15) is 12.8 Å². The van der Waals surface area contributed by atoms with Gasteiger partial charge in [0, 0.05) is 43.7 Å². The van der Waals surface area contributed by atoms with E-state index in [2.05, 4.69) is 9.88 Å². The molecule has 0 aliphatic carbocycles. The number of anilines is 1. The molecule has 0 N–H and O–H groups in total. The van der Waals surface area contributed by atoms with E-state index < -0.39 is 12.2 Å². The molecule has 1 unspecified atom stereocenters. The number of hydrogen-bond donors (Lipinski definition) is 0. The summed E-state index contributed by atoms with van der Waals surface area (Å²) in [7, 11) is 1.97. The van der Waals surface area contributed by atoms with Crippen LogP contribution in [0.3, 0.4) is 0 Å². The van der Waals surface area contributed by atoms with Crippen molar-refractivity contribution in [1.82, 2.24) is 14.8 Å². The van der Waals surface area contributed by atoms with Crippen LogP contribution < -0.4 is 4.90 Å². The number of pyridine rings is 1. The van der Waals surface area contributed by atoms with E-state index in [0.717, 1.165) is 29.6 Å². The van der Waals surface area contributed by atoms with Crippen molar-refractivity contribution in [3.63, 3.8) is 0 Å². The highest BCUT2D eigenvalue weighted by molar-refractivity contribution is 5.91. The van der Waals surface area contributed by atoms with Crippen LogP contribution in [0, 0.1) is 17.1 Å². The van der Waals surface area contributed by atoms with E-state index in [1.54, 1.807) is 0 Å². The summed E-state index contributed by atoms with van der Waals surface area (Å²) in [5.74, 6) is -0.572. The van der Waals surface area contributed by atoms with Gasteiger partial charge in [-0.1, -0.05) is 6.07 Å². The number of nitriles is 1. The van der Waals surface area contributed by atoms with Gasteiger partial charge in [-0.2, -0.15) is 5.26 Å². The van der Waals surface area contributed by atoms with E-state index in [0.29, 0.717) is 6.54 Å². The highest BCUT2D eigenvalue weighted by Gasteiger charge is 2.37. The Labute approximate surface area is 168 Å². The minimum Gasteiger partial charge on any atom is -0.370 e. The fourth-order valence-corrected chi connectivity index (χ4v) is 4.35. The molecule has 2 aliphatic heterocycles. The number of likely N-dealkylation sites (N-methyl/N-ethyl adjacent to an activating group) is 1. The maximum Gasteiger partial charge on any atom is 0.237 e. The smallest absolute Gasteiger partial charge is 0.237 e. The number of likely N-dealkylation sites (tertiary alicyclic amines) is 2. The van der Waals surface area contributed by atoms with Gasteiger partial charge in [-0.25, -0.2) is 8.78 Å². The summed E-state index contributed by atoms with van der Waals surface area (Å²) >= 11 is 0. The fraction of sp³-hybridized carbons (Fsp3) is 0.476. The van der Waals surface area contributed by atoms with Crippen LogP contribution in [0.15, 0.2) is 30.5 Å². The Morgan fingerprint density at radius 2 is 2.24 bits per heavy atom. The van der Waals surface area contributed by atoms with Crippen molar-refractivity contribution in [3.8, 4) is 6.07 Å². The number of hydrogen-bond acceptors (Lipinski definition) is 5. The molecule has 3 atom stereocenters. The molecule has 1 aromatic carbocycles. The van der Waals surface area contributed by atoms with Gasteiger partial charge in [-0.15, -0.1) is 0 Å². The molecular formula is C21H23F2N5O. The quantitative estimate of drug-likeness (QED) is 0.790. The van der Waals surface area contributed by atoms with Crippen LogP contribution in [0.4, 0.5) is 14.5 Å². The Balaban J connectivity index is 1.43. The fourth-order valence-electron chi connectivity index (χ4n) is 4.35. The van der Waals surface area contributed by atoms with Gasteiger partial charge in [0.25, 0.3) is 0 Å². The minimum atomic E-state index is -1.12. The van der Waals surface area contributed by atoms with Crippen LogP contribution in [0.25, 0.3) is 10.9 Å². The van der Waals surface area contributed by atoms with Gasteiger partial charge in [-0.3, -0.25) is 14.7 Å². The van der Waals surface area contributed by atoms with Gasteiger partial charge in [0.1, 0.15) is 18.0 Å². The lowest BCUT2D eigenvalue weighted by atomic mass is 10.1. The third-order valence-electron chi connectivity index (χ3n) is 5.92. The Kier molecular flexibility index (Phi) is 5.33. The van der Waals surface area contributed by atoms with Gasteiger partial charge in [0.15, 0.2) is 0 Å². The first-order valence-corrected chi connectivity index (χ1v) is 9.79. The number of rotatable bonds is 4. The zero-order valence-electron chi connectivity index (χ0n) is 16.3. The molecule has 2 saturated heterocycles. The molecular weight excluding hydrogens is 376 g/mol. The Morgan fingerprint density at radius 3 is 3.03 bits per heavy atom. The van der Waals surface area contributed by atoms with Gasteiger partial charge in [0.05, 0.1) is 30.9 Å². The van der Waals surface area contributed by atoms with Crippen molar-refractivity contribution < 1.29 is 13.6 Å². The summed E-state index contributed by atoms with van der Waals surface area (Å²) < 4.78 is 27.3. The number of nitrogens with zero attached hydrogens (tertiary/aromatic N) is 5. The van der Waals surface area contributed by atoms with Crippen molar-refractivity contribution in [1.29, 1.82) is 5.26 Å². The lowest BCUT2D eigenvalue weighted by Crippen LogP contribution is -2.43. The molecule has 3 heterocycles. The Morgan fingerprint density at radius 1 is 1.41 bits per heavy atom. The Bertz CT molecular complexity index is 962. The molecule has 8 heteroatoms. The first-order valence-electron chi connectivity index (χ1n) is 9.79. The lowest BCUT2D eigenvalue weighted by Gasteiger charge is -2.28. The molecule has 4 rings (SSSR count). The first-order chi connectivity index (χ1) is 14.0. The van der Waals surface area contributed by atoms with E-state index >= 15 is 0 Å². The van der Waals surface area contributed by atoms with Gasteiger partial charge in [0.2, 0.25) is 5.91 Å². The number of benzene rings is 1. The van der Waals surface area contributed by atoms with Crippen molar-refractivity contribution >= 4 is 22.5 Å². The molecule has 2 aromatic rings. The molecule has 1 aromatic heterocycles. The summed E-state index contributed by atoms with van der Waals surface area (Å²) in [5.41, 5.74) is 1.63. The number of fused-ring (bicyclic) bond motifs is 1. The highest BCUT2D eigenvalue weighted by atomic mass is 19.1. The molecule has 0 bridgehead atoms. The number of halogens is 2. The number of aromatic nitrogens is 1. The van der Waals surface area contributed by atoms with Crippen molar-refractivity contribution in [3.05, 3.63) is 36.3 Å². The number of alkyl halides is 1. The molecule has 6 nitrogen and oxygen atoms in total. The van der Waals surface area contributed by atoms with E-state index in [4.69, 9.17) is 5.26 Å². The van der Waals surface area contributed by atoms with Crippen LogP contribution in [-0.2, 0) is 4.79 Å². The second-order valence-electron chi connectivity index (χ2n) is 7.81. The van der Waals surface area contributed by atoms with Crippen LogP contribution in [-0.4, -0.2) is 72.2 Å². The normalized spacial score (nSPS) is 24.8. The second-order valence-corrected chi connectivity index (χ2v) is 7.81.